The van der Waals surface area contributed by atoms with Crippen LogP contribution in [0.4, 0.5) is 0 Å². The zero-order valence-corrected chi connectivity index (χ0v) is 13.5. The molecular weight excluding hydrogens is 260 g/mol. The van der Waals surface area contributed by atoms with Crippen molar-refractivity contribution in [3.8, 4) is 0 Å². The van der Waals surface area contributed by atoms with Gasteiger partial charge in [-0.15, -0.1) is 0 Å². The normalized spacial score (nSPS) is 53.0. The van der Waals surface area contributed by atoms with E-state index in [2.05, 4.69) is 13.8 Å². The SMILES string of the molecule is C[C@@]12CC[C@@H]3[C@H](CC[C@]4(C)C(=O)CC[C@@H]34)[C@H]1CCC(=O)C2. The maximum atomic E-state index is 12.3. The maximum absolute atomic E-state index is 12.3. The fourth-order valence-corrected chi connectivity index (χ4v) is 6.84. The molecule has 4 fully saturated rings. The molecule has 0 aromatic rings. The zero-order chi connectivity index (χ0) is 14.8. The molecule has 0 spiro atoms. The van der Waals surface area contributed by atoms with E-state index in [-0.39, 0.29) is 10.8 Å². The molecule has 21 heavy (non-hydrogen) atoms. The predicted octanol–water partition coefficient (Wildman–Crippen LogP) is 4.17. The Bertz CT molecular complexity index is 496. The molecule has 0 bridgehead atoms. The van der Waals surface area contributed by atoms with Gasteiger partial charge in [0, 0.05) is 24.7 Å². The van der Waals surface area contributed by atoms with Gasteiger partial charge in [0.25, 0.3) is 0 Å². The summed E-state index contributed by atoms with van der Waals surface area (Å²) in [6.07, 6.45) is 9.53. The average molecular weight is 288 g/mol. The quantitative estimate of drug-likeness (QED) is 0.670. The van der Waals surface area contributed by atoms with E-state index < -0.39 is 0 Å². The first-order valence-electron chi connectivity index (χ1n) is 8.99. The summed E-state index contributed by atoms with van der Waals surface area (Å²) in [6.45, 7) is 4.62. The Morgan fingerprint density at radius 1 is 0.857 bits per heavy atom. The largest absolute Gasteiger partial charge is 0.300 e. The van der Waals surface area contributed by atoms with Gasteiger partial charge < -0.3 is 0 Å². The van der Waals surface area contributed by atoms with Crippen LogP contribution in [-0.2, 0) is 9.59 Å². The van der Waals surface area contributed by atoms with Crippen molar-refractivity contribution in [3.63, 3.8) is 0 Å². The minimum absolute atomic E-state index is 0.000601. The summed E-state index contributed by atoms with van der Waals surface area (Å²) in [5.74, 6) is 3.98. The molecule has 6 atom stereocenters. The highest BCUT2D eigenvalue weighted by Crippen LogP contribution is 2.63. The monoisotopic (exact) mass is 288 g/mol. The van der Waals surface area contributed by atoms with Crippen LogP contribution in [0.25, 0.3) is 0 Å². The molecule has 116 valence electrons. The number of rotatable bonds is 0. The number of carbonyl (C=O) groups is 2. The molecule has 0 radical (unpaired) electrons. The number of fused-ring (bicyclic) bond motifs is 5. The molecule has 0 aromatic heterocycles. The van der Waals surface area contributed by atoms with E-state index in [0.29, 0.717) is 17.5 Å². The summed E-state index contributed by atoms with van der Waals surface area (Å²) in [5, 5.41) is 0. The van der Waals surface area contributed by atoms with Gasteiger partial charge in [0.1, 0.15) is 11.6 Å². The molecule has 4 aliphatic carbocycles. The molecular formula is C19H28O2. The fraction of sp³-hybridized carbons (Fsp3) is 0.895. The summed E-state index contributed by atoms with van der Waals surface area (Å²) in [4.78, 5) is 24.3. The number of carbonyl (C=O) groups excluding carboxylic acids is 2. The Morgan fingerprint density at radius 3 is 2.33 bits per heavy atom. The van der Waals surface area contributed by atoms with E-state index in [9.17, 15) is 9.59 Å². The fourth-order valence-electron chi connectivity index (χ4n) is 6.84. The Morgan fingerprint density at radius 2 is 1.52 bits per heavy atom. The van der Waals surface area contributed by atoms with E-state index in [1.807, 2.05) is 0 Å². The van der Waals surface area contributed by atoms with Crippen LogP contribution in [0.3, 0.4) is 0 Å². The van der Waals surface area contributed by atoms with Crippen LogP contribution >= 0.6 is 0 Å². The van der Waals surface area contributed by atoms with Crippen molar-refractivity contribution in [2.75, 3.05) is 0 Å². The molecule has 0 N–H and O–H groups in total. The van der Waals surface area contributed by atoms with E-state index >= 15 is 0 Å². The van der Waals surface area contributed by atoms with Crippen LogP contribution in [0.5, 0.6) is 0 Å². The molecule has 0 aromatic carbocycles. The van der Waals surface area contributed by atoms with Crippen LogP contribution in [0.15, 0.2) is 0 Å². The van der Waals surface area contributed by atoms with Crippen molar-refractivity contribution in [1.82, 2.24) is 0 Å². The van der Waals surface area contributed by atoms with E-state index in [1.54, 1.807) is 0 Å². The zero-order valence-electron chi connectivity index (χ0n) is 13.5. The van der Waals surface area contributed by atoms with Gasteiger partial charge >= 0.3 is 0 Å². The van der Waals surface area contributed by atoms with Crippen LogP contribution in [-0.4, -0.2) is 11.6 Å². The van der Waals surface area contributed by atoms with Gasteiger partial charge in [-0.25, -0.2) is 0 Å². The summed E-state index contributed by atoms with van der Waals surface area (Å²) in [5.41, 5.74) is 0.270. The minimum Gasteiger partial charge on any atom is -0.300 e. The van der Waals surface area contributed by atoms with Crippen molar-refractivity contribution < 1.29 is 9.59 Å². The first-order chi connectivity index (χ1) is 9.94. The van der Waals surface area contributed by atoms with Gasteiger partial charge in [-0.1, -0.05) is 13.8 Å². The van der Waals surface area contributed by atoms with Crippen molar-refractivity contribution >= 4 is 11.6 Å². The number of hydrogen-bond donors (Lipinski definition) is 0. The highest BCUT2D eigenvalue weighted by Gasteiger charge is 2.59. The van der Waals surface area contributed by atoms with Crippen molar-refractivity contribution in [2.45, 2.75) is 71.6 Å². The Kier molecular flexibility index (Phi) is 2.94. The van der Waals surface area contributed by atoms with Gasteiger partial charge in [-0.3, -0.25) is 9.59 Å². The lowest BCUT2D eigenvalue weighted by Crippen LogP contribution is -2.52. The number of Topliss-reactive ketones (excluding diaryl/α,β-unsaturated/α-hetero) is 2. The first-order valence-corrected chi connectivity index (χ1v) is 8.99. The Hall–Kier alpha value is -0.660. The molecule has 4 rings (SSSR count). The highest BCUT2D eigenvalue weighted by molar-refractivity contribution is 5.87. The van der Waals surface area contributed by atoms with Gasteiger partial charge in [-0.2, -0.15) is 0 Å². The van der Waals surface area contributed by atoms with Gasteiger partial charge in [0.15, 0.2) is 0 Å². The average Bonchev–Trinajstić information content (AvgIpc) is 2.73. The van der Waals surface area contributed by atoms with Gasteiger partial charge in [0.2, 0.25) is 0 Å². The molecule has 2 heteroatoms. The van der Waals surface area contributed by atoms with Crippen LogP contribution < -0.4 is 0 Å². The lowest BCUT2D eigenvalue weighted by Gasteiger charge is -2.57. The third-order valence-electron chi connectivity index (χ3n) is 8.00. The van der Waals surface area contributed by atoms with Crippen molar-refractivity contribution in [1.29, 1.82) is 0 Å². The van der Waals surface area contributed by atoms with E-state index in [0.717, 1.165) is 56.3 Å². The van der Waals surface area contributed by atoms with Crippen molar-refractivity contribution in [3.05, 3.63) is 0 Å². The minimum atomic E-state index is -0.000601. The summed E-state index contributed by atoms with van der Waals surface area (Å²) in [6, 6.07) is 0. The standard InChI is InChI=1S/C19H28O2/c1-18-9-7-14-13(15(18)4-3-12(20)11-18)8-10-19(2)16(14)5-6-17(19)21/h13-16H,3-11H2,1-2H3/t13-,14+,15+,16-,18-,19-/m0/s1. The van der Waals surface area contributed by atoms with Crippen LogP contribution in [0.1, 0.15) is 71.6 Å². The lowest BCUT2D eigenvalue weighted by molar-refractivity contribution is -0.140. The Balaban J connectivity index is 1.63. The number of hydrogen-bond acceptors (Lipinski definition) is 2. The van der Waals surface area contributed by atoms with E-state index in [1.165, 1.54) is 19.3 Å². The first kappa shape index (κ1) is 14.0. The summed E-state index contributed by atoms with van der Waals surface area (Å²) >= 11 is 0. The third kappa shape index (κ3) is 1.83. The van der Waals surface area contributed by atoms with Crippen molar-refractivity contribution in [2.24, 2.45) is 34.5 Å². The van der Waals surface area contributed by atoms with E-state index in [4.69, 9.17) is 0 Å². The molecule has 2 nitrogen and oxygen atoms in total. The second kappa shape index (κ2) is 4.43. The molecule has 0 saturated heterocycles. The maximum Gasteiger partial charge on any atom is 0.139 e. The molecule has 0 heterocycles. The predicted molar refractivity (Wildman–Crippen MR) is 81.7 cm³/mol. The lowest BCUT2D eigenvalue weighted by atomic mass is 9.47. The Labute approximate surface area is 128 Å². The van der Waals surface area contributed by atoms with Gasteiger partial charge in [0.05, 0.1) is 0 Å². The second-order valence-corrected chi connectivity index (χ2v) is 8.91. The topological polar surface area (TPSA) is 34.1 Å². The highest BCUT2D eigenvalue weighted by atomic mass is 16.1. The summed E-state index contributed by atoms with van der Waals surface area (Å²) in [7, 11) is 0. The summed E-state index contributed by atoms with van der Waals surface area (Å²) < 4.78 is 0. The molecule has 4 aliphatic rings. The van der Waals surface area contributed by atoms with Crippen LogP contribution in [0.2, 0.25) is 0 Å². The smallest absolute Gasteiger partial charge is 0.139 e. The molecule has 4 saturated carbocycles. The van der Waals surface area contributed by atoms with Crippen LogP contribution in [0, 0.1) is 34.5 Å². The molecule has 0 unspecified atom stereocenters. The third-order valence-corrected chi connectivity index (χ3v) is 8.00. The number of ketones is 2. The van der Waals surface area contributed by atoms with Gasteiger partial charge in [-0.05, 0) is 67.6 Å². The molecule has 0 aliphatic heterocycles. The molecule has 0 amide bonds. The second-order valence-electron chi connectivity index (χ2n) is 8.91.